The first-order chi connectivity index (χ1) is 12.7. The minimum absolute atomic E-state index is 0. The number of nitrogens with zero attached hydrogens (tertiary/aromatic N) is 4. The molecule has 5 nitrogen and oxygen atoms in total. The van der Waals surface area contributed by atoms with Crippen LogP contribution >= 0.6 is 24.0 Å². The van der Waals surface area contributed by atoms with Crippen molar-refractivity contribution in [2.45, 2.75) is 39.2 Å². The molecule has 6 heteroatoms. The predicted octanol–water partition coefficient (Wildman–Crippen LogP) is 3.90. The highest BCUT2D eigenvalue weighted by Gasteiger charge is 2.28. The molecular weight excluding hydrogens is 449 g/mol. The minimum atomic E-state index is 0. The Morgan fingerprint density at radius 3 is 2.70 bits per heavy atom. The largest absolute Gasteiger partial charge is 0.356 e. The highest BCUT2D eigenvalue weighted by Crippen LogP contribution is 2.32. The summed E-state index contributed by atoms with van der Waals surface area (Å²) >= 11 is 0. The Hall–Kier alpha value is -1.57. The maximum atomic E-state index is 4.50. The molecule has 1 fully saturated rings. The average molecular weight is 481 g/mol. The van der Waals surface area contributed by atoms with E-state index in [1.807, 2.05) is 17.9 Å². The zero-order valence-electron chi connectivity index (χ0n) is 16.6. The highest BCUT2D eigenvalue weighted by molar-refractivity contribution is 14.0. The van der Waals surface area contributed by atoms with Gasteiger partial charge in [-0.3, -0.25) is 9.67 Å². The monoisotopic (exact) mass is 481 g/mol. The molecule has 27 heavy (non-hydrogen) atoms. The second-order valence-corrected chi connectivity index (χ2v) is 7.34. The van der Waals surface area contributed by atoms with Crippen molar-refractivity contribution in [1.82, 2.24) is 20.0 Å². The summed E-state index contributed by atoms with van der Waals surface area (Å²) in [6.45, 7) is 8.39. The molecule has 1 saturated heterocycles. The molecule has 1 N–H and O–H groups in total. The molecule has 0 amide bonds. The Morgan fingerprint density at radius 2 is 2.07 bits per heavy atom. The Kier molecular flexibility index (Phi) is 8.60. The lowest BCUT2D eigenvalue weighted by molar-refractivity contribution is 0.234. The number of aliphatic imine (C=N–C) groups is 1. The first-order valence-corrected chi connectivity index (χ1v) is 9.67. The third-order valence-corrected chi connectivity index (χ3v) is 5.25. The van der Waals surface area contributed by atoms with Gasteiger partial charge in [-0.25, -0.2) is 0 Å². The van der Waals surface area contributed by atoms with Gasteiger partial charge >= 0.3 is 0 Å². The molecule has 148 valence electrons. The molecule has 2 unspecified atom stereocenters. The van der Waals surface area contributed by atoms with Crippen molar-refractivity contribution in [1.29, 1.82) is 0 Å². The van der Waals surface area contributed by atoms with Crippen molar-refractivity contribution in [3.8, 4) is 0 Å². The van der Waals surface area contributed by atoms with Crippen LogP contribution in [0.3, 0.4) is 0 Å². The molecule has 3 rings (SSSR count). The zero-order chi connectivity index (χ0) is 18.4. The van der Waals surface area contributed by atoms with Crippen molar-refractivity contribution in [3.63, 3.8) is 0 Å². The van der Waals surface area contributed by atoms with Gasteiger partial charge in [0.1, 0.15) is 0 Å². The van der Waals surface area contributed by atoms with E-state index in [1.165, 1.54) is 17.5 Å². The van der Waals surface area contributed by atoms with E-state index >= 15 is 0 Å². The number of hydrogen-bond acceptors (Lipinski definition) is 2. The van der Waals surface area contributed by atoms with Crippen molar-refractivity contribution < 1.29 is 0 Å². The maximum Gasteiger partial charge on any atom is 0.193 e. The van der Waals surface area contributed by atoms with Crippen molar-refractivity contribution in [3.05, 3.63) is 53.9 Å². The third-order valence-electron chi connectivity index (χ3n) is 5.25. The van der Waals surface area contributed by atoms with Crippen LogP contribution in [0.4, 0.5) is 0 Å². The quantitative estimate of drug-likeness (QED) is 0.305. The van der Waals surface area contributed by atoms with Crippen LogP contribution in [0.15, 0.2) is 47.7 Å². The van der Waals surface area contributed by atoms with E-state index in [1.54, 1.807) is 0 Å². The van der Waals surface area contributed by atoms with Gasteiger partial charge in [-0.15, -0.1) is 24.0 Å². The summed E-state index contributed by atoms with van der Waals surface area (Å²) in [4.78, 5) is 6.91. The third kappa shape index (κ3) is 5.96. The number of likely N-dealkylation sites (tertiary alicyclic amines) is 1. The number of piperidine rings is 1. The van der Waals surface area contributed by atoms with Gasteiger partial charge in [0.15, 0.2) is 5.96 Å². The first-order valence-electron chi connectivity index (χ1n) is 9.67. The maximum absolute atomic E-state index is 4.50. The number of rotatable bonds is 5. The summed E-state index contributed by atoms with van der Waals surface area (Å²) in [6.07, 6.45) is 6.21. The Balaban J connectivity index is 0.00000261. The van der Waals surface area contributed by atoms with Gasteiger partial charge in [-0.05, 0) is 42.7 Å². The molecule has 2 atom stereocenters. The van der Waals surface area contributed by atoms with Crippen LogP contribution in [-0.2, 0) is 6.54 Å². The second-order valence-electron chi connectivity index (χ2n) is 7.34. The summed E-state index contributed by atoms with van der Waals surface area (Å²) in [6, 6.07) is 10.9. The van der Waals surface area contributed by atoms with Crippen LogP contribution in [0.2, 0.25) is 0 Å². The van der Waals surface area contributed by atoms with Crippen LogP contribution in [0, 0.1) is 12.8 Å². The topological polar surface area (TPSA) is 45.5 Å². The van der Waals surface area contributed by atoms with Gasteiger partial charge in [0, 0.05) is 39.4 Å². The summed E-state index contributed by atoms with van der Waals surface area (Å²) < 4.78 is 2.01. The standard InChI is InChI=1S/C21H31N5.HI/c1-17-14-24-26(15-17)12-7-11-23-21(22-3)25-13-10-20(18(2)16-25)19-8-5-4-6-9-19;/h4-6,8-9,14-15,18,20H,7,10-13,16H2,1-3H3,(H,22,23);1H. The molecule has 1 aromatic heterocycles. The second kappa shape index (κ2) is 10.7. The number of aryl methyl sites for hydroxylation is 2. The minimum Gasteiger partial charge on any atom is -0.356 e. The lowest BCUT2D eigenvalue weighted by Gasteiger charge is -2.39. The van der Waals surface area contributed by atoms with E-state index in [-0.39, 0.29) is 24.0 Å². The Morgan fingerprint density at radius 1 is 1.30 bits per heavy atom. The first kappa shape index (κ1) is 21.7. The summed E-state index contributed by atoms with van der Waals surface area (Å²) in [7, 11) is 1.88. The molecule has 1 aliphatic heterocycles. The van der Waals surface area contributed by atoms with Gasteiger partial charge in [0.25, 0.3) is 0 Å². The molecule has 1 aromatic carbocycles. The number of guanidine groups is 1. The van der Waals surface area contributed by atoms with Crippen LogP contribution < -0.4 is 5.32 Å². The lowest BCUT2D eigenvalue weighted by Crippen LogP contribution is -2.48. The SMILES string of the molecule is CN=C(NCCCn1cc(C)cn1)N1CCC(c2ccccc2)C(C)C1.I. The van der Waals surface area contributed by atoms with Crippen LogP contribution in [0.5, 0.6) is 0 Å². The molecular formula is C21H32IN5. The number of benzene rings is 1. The molecule has 1 aliphatic rings. The van der Waals surface area contributed by atoms with Gasteiger partial charge in [0.2, 0.25) is 0 Å². The number of halogens is 1. The number of nitrogens with one attached hydrogen (secondary N) is 1. The average Bonchev–Trinajstić information content (AvgIpc) is 3.07. The molecule has 0 radical (unpaired) electrons. The van der Waals surface area contributed by atoms with Crippen LogP contribution in [0.1, 0.15) is 36.8 Å². The van der Waals surface area contributed by atoms with E-state index in [2.05, 4.69) is 70.7 Å². The Bertz CT molecular complexity index is 712. The molecule has 0 aliphatic carbocycles. The van der Waals surface area contributed by atoms with Crippen LogP contribution in [-0.4, -0.2) is 47.3 Å². The van der Waals surface area contributed by atoms with Gasteiger partial charge in [0.05, 0.1) is 6.20 Å². The van der Waals surface area contributed by atoms with Crippen molar-refractivity contribution in [2.24, 2.45) is 10.9 Å². The summed E-state index contributed by atoms with van der Waals surface area (Å²) in [5, 5.41) is 7.86. The molecule has 0 saturated carbocycles. The van der Waals surface area contributed by atoms with Crippen molar-refractivity contribution in [2.75, 3.05) is 26.7 Å². The molecule has 2 aromatic rings. The van der Waals surface area contributed by atoms with Crippen molar-refractivity contribution >= 4 is 29.9 Å². The van der Waals surface area contributed by atoms with E-state index in [4.69, 9.17) is 0 Å². The van der Waals surface area contributed by atoms with E-state index in [9.17, 15) is 0 Å². The Labute approximate surface area is 180 Å². The normalized spacial score (nSPS) is 20.3. The molecule has 0 spiro atoms. The van der Waals surface area contributed by atoms with E-state index in [0.29, 0.717) is 11.8 Å². The highest BCUT2D eigenvalue weighted by atomic mass is 127. The fraction of sp³-hybridized carbons (Fsp3) is 0.524. The smallest absolute Gasteiger partial charge is 0.193 e. The predicted molar refractivity (Wildman–Crippen MR) is 123 cm³/mol. The van der Waals surface area contributed by atoms with Crippen LogP contribution in [0.25, 0.3) is 0 Å². The van der Waals surface area contributed by atoms with E-state index < -0.39 is 0 Å². The summed E-state index contributed by atoms with van der Waals surface area (Å²) in [5.41, 5.74) is 2.68. The molecule has 2 heterocycles. The van der Waals surface area contributed by atoms with Gasteiger partial charge in [-0.1, -0.05) is 37.3 Å². The summed E-state index contributed by atoms with van der Waals surface area (Å²) in [5.74, 6) is 2.30. The number of aromatic nitrogens is 2. The lowest BCUT2D eigenvalue weighted by atomic mass is 9.82. The molecule has 0 bridgehead atoms. The van der Waals surface area contributed by atoms with Gasteiger partial charge < -0.3 is 10.2 Å². The van der Waals surface area contributed by atoms with Gasteiger partial charge in [-0.2, -0.15) is 5.10 Å². The number of hydrogen-bond donors (Lipinski definition) is 1. The zero-order valence-corrected chi connectivity index (χ0v) is 19.0. The fourth-order valence-electron chi connectivity index (χ4n) is 3.90. The fourth-order valence-corrected chi connectivity index (χ4v) is 3.90. The van der Waals surface area contributed by atoms with E-state index in [0.717, 1.165) is 38.6 Å².